The molecule has 0 radical (unpaired) electrons. The molecule has 190 valence electrons. The molecule has 1 aromatic carbocycles. The SMILES string of the molecule is COc1cccc(C(=O)N[C@@]2(C(F)(F)F)C(=O)N(CC3CCCCC3)C3=C2C(=O)CC(C)(C)C3)c1. The van der Waals surface area contributed by atoms with Crippen molar-refractivity contribution in [2.75, 3.05) is 13.7 Å². The highest BCUT2D eigenvalue weighted by Crippen LogP contribution is 2.52. The standard InChI is InChI=1S/C26H31F3N2O4/c1-24(2)13-19-21(20(32)14-24)25(26(27,28)29,23(34)31(19)15-16-8-5-4-6-9-16)30-22(33)17-10-7-11-18(12-17)35-3/h7,10-12,16H,4-6,8-9,13-15H2,1-3H3,(H,30,33)/t25-/m1/s1. The predicted molar refractivity (Wildman–Crippen MR) is 123 cm³/mol. The molecule has 1 N–H and O–H groups in total. The van der Waals surface area contributed by atoms with Gasteiger partial charge in [-0.15, -0.1) is 0 Å². The van der Waals surface area contributed by atoms with Gasteiger partial charge in [0.2, 0.25) is 5.54 Å². The molecule has 1 heterocycles. The summed E-state index contributed by atoms with van der Waals surface area (Å²) in [5.41, 5.74) is -4.63. The molecule has 35 heavy (non-hydrogen) atoms. The van der Waals surface area contributed by atoms with Crippen molar-refractivity contribution < 1.29 is 32.3 Å². The molecular weight excluding hydrogens is 461 g/mol. The number of rotatable bonds is 5. The lowest BCUT2D eigenvalue weighted by Gasteiger charge is -2.35. The summed E-state index contributed by atoms with van der Waals surface area (Å²) in [5.74, 6) is -2.80. The average Bonchev–Trinajstić information content (AvgIpc) is 3.02. The highest BCUT2D eigenvalue weighted by atomic mass is 19.4. The van der Waals surface area contributed by atoms with Crippen LogP contribution in [0.3, 0.4) is 0 Å². The second kappa shape index (κ2) is 8.99. The number of nitrogens with one attached hydrogen (secondary N) is 1. The molecule has 2 aliphatic carbocycles. The summed E-state index contributed by atoms with van der Waals surface area (Å²) in [6.45, 7) is 3.73. The van der Waals surface area contributed by atoms with Gasteiger partial charge in [-0.05, 0) is 48.8 Å². The molecule has 0 spiro atoms. The highest BCUT2D eigenvalue weighted by molar-refractivity contribution is 6.14. The highest BCUT2D eigenvalue weighted by Gasteiger charge is 2.71. The summed E-state index contributed by atoms with van der Waals surface area (Å²) in [6.07, 6.45) is -0.578. The molecule has 1 saturated carbocycles. The summed E-state index contributed by atoms with van der Waals surface area (Å²) in [6, 6.07) is 5.65. The monoisotopic (exact) mass is 492 g/mol. The minimum absolute atomic E-state index is 0.0553. The van der Waals surface area contributed by atoms with Gasteiger partial charge in [-0.2, -0.15) is 13.2 Å². The summed E-state index contributed by atoms with van der Waals surface area (Å²) >= 11 is 0. The van der Waals surface area contributed by atoms with Crippen LogP contribution in [0, 0.1) is 11.3 Å². The van der Waals surface area contributed by atoms with Crippen molar-refractivity contribution in [3.63, 3.8) is 0 Å². The van der Waals surface area contributed by atoms with Crippen molar-refractivity contribution >= 4 is 17.6 Å². The number of nitrogens with zero attached hydrogens (tertiary/aromatic N) is 1. The number of alkyl halides is 3. The Kier molecular flexibility index (Phi) is 6.49. The largest absolute Gasteiger partial charge is 0.497 e. The van der Waals surface area contributed by atoms with Crippen LogP contribution in [-0.2, 0) is 9.59 Å². The topological polar surface area (TPSA) is 75.7 Å². The van der Waals surface area contributed by atoms with E-state index in [4.69, 9.17) is 4.74 Å². The van der Waals surface area contributed by atoms with Gasteiger partial charge in [0.15, 0.2) is 5.78 Å². The molecule has 9 heteroatoms. The van der Waals surface area contributed by atoms with Crippen LogP contribution in [0.15, 0.2) is 35.5 Å². The lowest BCUT2D eigenvalue weighted by atomic mass is 9.72. The van der Waals surface area contributed by atoms with E-state index in [1.165, 1.54) is 25.3 Å². The Hall–Kier alpha value is -2.84. The van der Waals surface area contributed by atoms with Crippen LogP contribution >= 0.6 is 0 Å². The maximum absolute atomic E-state index is 14.9. The van der Waals surface area contributed by atoms with Crippen molar-refractivity contribution in [1.82, 2.24) is 10.2 Å². The van der Waals surface area contributed by atoms with Gasteiger partial charge in [0.1, 0.15) is 5.75 Å². The first-order valence-electron chi connectivity index (χ1n) is 12.0. The summed E-state index contributed by atoms with van der Waals surface area (Å²) < 4.78 is 49.8. The summed E-state index contributed by atoms with van der Waals surface area (Å²) in [4.78, 5) is 41.2. The minimum Gasteiger partial charge on any atom is -0.497 e. The fourth-order valence-electron chi connectivity index (χ4n) is 5.65. The Labute approximate surface area is 202 Å². The van der Waals surface area contributed by atoms with Gasteiger partial charge in [-0.3, -0.25) is 14.4 Å². The molecular formula is C26H31F3N2O4. The van der Waals surface area contributed by atoms with Crippen LogP contribution in [0.4, 0.5) is 13.2 Å². The zero-order valence-electron chi connectivity index (χ0n) is 20.3. The Bertz CT molecular complexity index is 1070. The van der Waals surface area contributed by atoms with Crippen molar-refractivity contribution in [1.29, 1.82) is 0 Å². The van der Waals surface area contributed by atoms with E-state index < -0.39 is 40.3 Å². The van der Waals surface area contributed by atoms with Crippen molar-refractivity contribution in [3.05, 3.63) is 41.1 Å². The van der Waals surface area contributed by atoms with Gasteiger partial charge in [0.05, 0.1) is 12.7 Å². The molecule has 0 saturated heterocycles. The number of allylic oxidation sites excluding steroid dienone is 1. The van der Waals surface area contributed by atoms with Crippen LogP contribution in [0.1, 0.15) is 69.2 Å². The molecule has 1 aliphatic heterocycles. The number of hydrogen-bond donors (Lipinski definition) is 1. The van der Waals surface area contributed by atoms with Gasteiger partial charge < -0.3 is 15.0 Å². The normalized spacial score (nSPS) is 25.0. The number of carbonyl (C=O) groups is 3. The molecule has 0 bridgehead atoms. The first kappa shape index (κ1) is 25.3. The number of ether oxygens (including phenoxy) is 1. The van der Waals surface area contributed by atoms with E-state index in [1.807, 2.05) is 5.32 Å². The van der Waals surface area contributed by atoms with Crippen LogP contribution in [-0.4, -0.2) is 47.9 Å². The first-order chi connectivity index (χ1) is 16.4. The van der Waals surface area contributed by atoms with Gasteiger partial charge in [0, 0.05) is 24.2 Å². The number of halogens is 3. The van der Waals surface area contributed by atoms with Crippen LogP contribution in [0.2, 0.25) is 0 Å². The van der Waals surface area contributed by atoms with Gasteiger partial charge in [-0.1, -0.05) is 39.2 Å². The van der Waals surface area contributed by atoms with E-state index in [9.17, 15) is 27.6 Å². The lowest BCUT2D eigenvalue weighted by molar-refractivity contribution is -0.190. The molecule has 0 unspecified atom stereocenters. The fraction of sp³-hybridized carbons (Fsp3) is 0.577. The zero-order chi connectivity index (χ0) is 25.6. The quantitative estimate of drug-likeness (QED) is 0.641. The lowest BCUT2D eigenvalue weighted by Crippen LogP contribution is -2.66. The van der Waals surface area contributed by atoms with E-state index in [-0.39, 0.29) is 42.3 Å². The van der Waals surface area contributed by atoms with Crippen molar-refractivity contribution in [2.45, 2.75) is 70.5 Å². The Morgan fingerprint density at radius 2 is 1.83 bits per heavy atom. The third-order valence-electron chi connectivity index (χ3n) is 7.34. The maximum atomic E-state index is 14.9. The number of hydrogen-bond acceptors (Lipinski definition) is 4. The molecule has 1 fully saturated rings. The van der Waals surface area contributed by atoms with E-state index in [0.717, 1.165) is 37.0 Å². The number of amides is 2. The minimum atomic E-state index is -5.21. The number of ketones is 1. The van der Waals surface area contributed by atoms with E-state index in [0.29, 0.717) is 0 Å². The Morgan fingerprint density at radius 1 is 1.14 bits per heavy atom. The van der Waals surface area contributed by atoms with Gasteiger partial charge in [0.25, 0.3) is 11.8 Å². The Morgan fingerprint density at radius 3 is 2.46 bits per heavy atom. The van der Waals surface area contributed by atoms with Gasteiger partial charge >= 0.3 is 6.18 Å². The fourth-order valence-corrected chi connectivity index (χ4v) is 5.65. The van der Waals surface area contributed by atoms with Crippen molar-refractivity contribution in [3.8, 4) is 5.75 Å². The Balaban J connectivity index is 1.81. The van der Waals surface area contributed by atoms with E-state index in [2.05, 4.69) is 0 Å². The number of Topliss-reactive ketones (excluding diaryl/α,β-unsaturated/α-hetero) is 1. The van der Waals surface area contributed by atoms with Crippen LogP contribution in [0.5, 0.6) is 5.75 Å². The molecule has 1 atom stereocenters. The second-order valence-corrected chi connectivity index (χ2v) is 10.6. The maximum Gasteiger partial charge on any atom is 0.425 e. The molecule has 1 aromatic rings. The molecule has 2 amide bonds. The average molecular weight is 493 g/mol. The van der Waals surface area contributed by atoms with Crippen LogP contribution < -0.4 is 10.1 Å². The smallest absolute Gasteiger partial charge is 0.425 e. The molecule has 6 nitrogen and oxygen atoms in total. The van der Waals surface area contributed by atoms with E-state index in [1.54, 1.807) is 19.9 Å². The summed E-state index contributed by atoms with van der Waals surface area (Å²) in [7, 11) is 1.37. The summed E-state index contributed by atoms with van der Waals surface area (Å²) in [5, 5.41) is 1.98. The predicted octanol–water partition coefficient (Wildman–Crippen LogP) is 4.79. The van der Waals surface area contributed by atoms with E-state index >= 15 is 0 Å². The van der Waals surface area contributed by atoms with Crippen molar-refractivity contribution in [2.24, 2.45) is 11.3 Å². The molecule has 3 aliphatic rings. The first-order valence-corrected chi connectivity index (χ1v) is 12.0. The molecule has 4 rings (SSSR count). The molecule has 0 aromatic heterocycles. The van der Waals surface area contributed by atoms with Crippen LogP contribution in [0.25, 0.3) is 0 Å². The third kappa shape index (κ3) is 4.45. The number of carbonyl (C=O) groups excluding carboxylic acids is 3. The number of methoxy groups -OCH3 is 1. The van der Waals surface area contributed by atoms with Gasteiger partial charge in [-0.25, -0.2) is 0 Å². The second-order valence-electron chi connectivity index (χ2n) is 10.6. The number of benzene rings is 1. The zero-order valence-corrected chi connectivity index (χ0v) is 20.3. The third-order valence-corrected chi connectivity index (χ3v) is 7.34.